The zero-order valence-electron chi connectivity index (χ0n) is 12.0. The summed E-state index contributed by atoms with van der Waals surface area (Å²) >= 11 is 0. The topological polar surface area (TPSA) is 66.4 Å². The highest BCUT2D eigenvalue weighted by atomic mass is 16.4. The van der Waals surface area contributed by atoms with Crippen LogP contribution in [0.2, 0.25) is 0 Å². The molecule has 0 unspecified atom stereocenters. The van der Waals surface area contributed by atoms with Gasteiger partial charge in [0.1, 0.15) is 5.54 Å². The van der Waals surface area contributed by atoms with Crippen LogP contribution >= 0.6 is 0 Å². The average Bonchev–Trinajstić information content (AvgIpc) is 3.12. The first-order valence-corrected chi connectivity index (χ1v) is 7.03. The molecule has 0 radical (unpaired) electrons. The fourth-order valence-corrected chi connectivity index (χ4v) is 2.28. The van der Waals surface area contributed by atoms with Gasteiger partial charge in [0.25, 0.3) is 0 Å². The molecule has 0 heterocycles. The van der Waals surface area contributed by atoms with Gasteiger partial charge in [0, 0.05) is 0 Å². The first-order chi connectivity index (χ1) is 9.41. The number of carboxylic acids is 1. The van der Waals surface area contributed by atoms with Crippen molar-refractivity contribution >= 4 is 11.9 Å². The van der Waals surface area contributed by atoms with Gasteiger partial charge in [-0.15, -0.1) is 0 Å². The summed E-state index contributed by atoms with van der Waals surface area (Å²) in [5.41, 5.74) is 1.18. The van der Waals surface area contributed by atoms with E-state index in [1.165, 1.54) is 5.56 Å². The molecule has 0 saturated heterocycles. The summed E-state index contributed by atoms with van der Waals surface area (Å²) in [5, 5.41) is 11.6. The Balaban J connectivity index is 1.90. The molecule has 1 aromatic rings. The van der Waals surface area contributed by atoms with Crippen molar-refractivity contribution in [3.8, 4) is 0 Å². The Morgan fingerprint density at radius 2 is 1.75 bits per heavy atom. The molecule has 2 N–H and O–H groups in total. The molecule has 1 saturated carbocycles. The summed E-state index contributed by atoms with van der Waals surface area (Å²) in [4.78, 5) is 22.9. The predicted octanol–water partition coefficient (Wildman–Crippen LogP) is 2.16. The van der Waals surface area contributed by atoms with Gasteiger partial charge in [0.05, 0.1) is 6.42 Å². The van der Waals surface area contributed by atoms with Gasteiger partial charge in [-0.3, -0.25) is 4.79 Å². The molecule has 0 aromatic heterocycles. The van der Waals surface area contributed by atoms with E-state index in [0.29, 0.717) is 18.8 Å². The van der Waals surface area contributed by atoms with Crippen LogP contribution in [0.1, 0.15) is 37.8 Å². The van der Waals surface area contributed by atoms with Gasteiger partial charge in [0.15, 0.2) is 0 Å². The maximum absolute atomic E-state index is 11.9. The summed E-state index contributed by atoms with van der Waals surface area (Å²) in [7, 11) is 0. The standard InChI is InChI=1S/C16H21NO3/c1-11(2)9-12-3-5-13(6-4-12)10-14(18)17-16(7-8-16)15(19)20/h3-6,11H,7-10H2,1-2H3,(H,17,18)(H,19,20). The van der Waals surface area contributed by atoms with Crippen LogP contribution in [0, 0.1) is 5.92 Å². The molecule has 1 aliphatic rings. The van der Waals surface area contributed by atoms with Gasteiger partial charge in [-0.1, -0.05) is 38.1 Å². The lowest BCUT2D eigenvalue weighted by atomic mass is 10.0. The minimum atomic E-state index is -0.991. The Bertz CT molecular complexity index is 501. The maximum atomic E-state index is 11.9. The van der Waals surface area contributed by atoms with Crippen molar-refractivity contribution in [2.75, 3.05) is 0 Å². The monoisotopic (exact) mass is 275 g/mol. The van der Waals surface area contributed by atoms with E-state index in [0.717, 1.165) is 12.0 Å². The Labute approximate surface area is 119 Å². The molecule has 1 amide bonds. The van der Waals surface area contributed by atoms with Crippen molar-refractivity contribution in [3.05, 3.63) is 35.4 Å². The Morgan fingerprint density at radius 3 is 2.20 bits per heavy atom. The normalized spacial score (nSPS) is 15.9. The fraction of sp³-hybridized carbons (Fsp3) is 0.500. The van der Waals surface area contributed by atoms with Gasteiger partial charge in [0.2, 0.25) is 5.91 Å². The van der Waals surface area contributed by atoms with Crippen molar-refractivity contribution in [1.82, 2.24) is 5.32 Å². The molecule has 1 aliphatic carbocycles. The number of carbonyl (C=O) groups is 2. The highest BCUT2D eigenvalue weighted by Crippen LogP contribution is 2.35. The number of carboxylic acid groups (broad SMARTS) is 1. The number of hydrogen-bond acceptors (Lipinski definition) is 2. The third kappa shape index (κ3) is 3.59. The molecule has 0 aliphatic heterocycles. The van der Waals surface area contributed by atoms with E-state index in [1.54, 1.807) is 0 Å². The molecular formula is C16H21NO3. The number of carbonyl (C=O) groups excluding carboxylic acids is 1. The third-order valence-electron chi connectivity index (χ3n) is 3.57. The molecule has 4 heteroatoms. The van der Waals surface area contributed by atoms with E-state index >= 15 is 0 Å². The van der Waals surface area contributed by atoms with Crippen molar-refractivity contribution in [2.45, 2.75) is 45.1 Å². The van der Waals surface area contributed by atoms with Crippen molar-refractivity contribution in [3.63, 3.8) is 0 Å². The molecule has 20 heavy (non-hydrogen) atoms. The van der Waals surface area contributed by atoms with Gasteiger partial charge in [-0.25, -0.2) is 4.79 Å². The second-order valence-corrected chi connectivity index (χ2v) is 6.03. The van der Waals surface area contributed by atoms with Crippen molar-refractivity contribution < 1.29 is 14.7 Å². The quantitative estimate of drug-likeness (QED) is 0.836. The number of rotatable bonds is 6. The number of benzene rings is 1. The minimum absolute atomic E-state index is 0.221. The zero-order chi connectivity index (χ0) is 14.8. The molecule has 2 rings (SSSR count). The molecule has 0 atom stereocenters. The SMILES string of the molecule is CC(C)Cc1ccc(CC(=O)NC2(C(=O)O)CC2)cc1. The second kappa shape index (κ2) is 5.65. The smallest absolute Gasteiger partial charge is 0.329 e. The predicted molar refractivity (Wildman–Crippen MR) is 76.4 cm³/mol. The lowest BCUT2D eigenvalue weighted by molar-refractivity contribution is -0.143. The summed E-state index contributed by atoms with van der Waals surface area (Å²) in [6.45, 7) is 4.34. The van der Waals surface area contributed by atoms with Crippen molar-refractivity contribution in [1.29, 1.82) is 0 Å². The number of aliphatic carboxylic acids is 1. The van der Waals surface area contributed by atoms with Gasteiger partial charge in [-0.2, -0.15) is 0 Å². The molecular weight excluding hydrogens is 254 g/mol. The second-order valence-electron chi connectivity index (χ2n) is 6.03. The van der Waals surface area contributed by atoms with E-state index in [4.69, 9.17) is 5.11 Å². The maximum Gasteiger partial charge on any atom is 0.329 e. The Morgan fingerprint density at radius 1 is 1.20 bits per heavy atom. The summed E-state index contributed by atoms with van der Waals surface area (Å²) in [6.07, 6.45) is 2.31. The zero-order valence-corrected chi connectivity index (χ0v) is 12.0. The van der Waals surface area contributed by atoms with Crippen LogP contribution in [0.5, 0.6) is 0 Å². The van der Waals surface area contributed by atoms with Crippen molar-refractivity contribution in [2.24, 2.45) is 5.92 Å². The number of nitrogens with one attached hydrogen (secondary N) is 1. The van der Waals surface area contributed by atoms with Crippen LogP contribution in [0.25, 0.3) is 0 Å². The summed E-state index contributed by atoms with van der Waals surface area (Å²) < 4.78 is 0. The highest BCUT2D eigenvalue weighted by molar-refractivity contribution is 5.90. The first-order valence-electron chi connectivity index (χ1n) is 7.03. The van der Waals surface area contributed by atoms with E-state index in [1.807, 2.05) is 24.3 Å². The summed E-state index contributed by atoms with van der Waals surface area (Å²) in [6, 6.07) is 7.95. The average molecular weight is 275 g/mol. The molecule has 4 nitrogen and oxygen atoms in total. The van der Waals surface area contributed by atoms with Gasteiger partial charge < -0.3 is 10.4 Å². The molecule has 1 fully saturated rings. The number of hydrogen-bond donors (Lipinski definition) is 2. The highest BCUT2D eigenvalue weighted by Gasteiger charge is 2.51. The van der Waals surface area contributed by atoms with Crippen LogP contribution in [0.4, 0.5) is 0 Å². The minimum Gasteiger partial charge on any atom is -0.480 e. The fourth-order valence-electron chi connectivity index (χ4n) is 2.28. The number of amides is 1. The lowest BCUT2D eigenvalue weighted by Crippen LogP contribution is -2.43. The van der Waals surface area contributed by atoms with Crippen LogP contribution in [0.3, 0.4) is 0 Å². The van der Waals surface area contributed by atoms with Gasteiger partial charge >= 0.3 is 5.97 Å². The molecule has 1 aromatic carbocycles. The third-order valence-corrected chi connectivity index (χ3v) is 3.57. The van der Waals surface area contributed by atoms with Crippen LogP contribution < -0.4 is 5.32 Å². The van der Waals surface area contributed by atoms with E-state index in [-0.39, 0.29) is 12.3 Å². The largest absolute Gasteiger partial charge is 0.480 e. The lowest BCUT2D eigenvalue weighted by Gasteiger charge is -2.12. The van der Waals surface area contributed by atoms with Crippen LogP contribution in [-0.2, 0) is 22.4 Å². The Hall–Kier alpha value is -1.84. The Kier molecular flexibility index (Phi) is 4.12. The first kappa shape index (κ1) is 14.6. The van der Waals surface area contributed by atoms with E-state index < -0.39 is 11.5 Å². The molecule has 0 spiro atoms. The van der Waals surface area contributed by atoms with E-state index in [9.17, 15) is 9.59 Å². The summed E-state index contributed by atoms with van der Waals surface area (Å²) in [5.74, 6) is -0.547. The van der Waals surface area contributed by atoms with Crippen LogP contribution in [0.15, 0.2) is 24.3 Å². The van der Waals surface area contributed by atoms with Crippen LogP contribution in [-0.4, -0.2) is 22.5 Å². The van der Waals surface area contributed by atoms with E-state index in [2.05, 4.69) is 19.2 Å². The molecule has 108 valence electrons. The molecule has 0 bridgehead atoms. The van der Waals surface area contributed by atoms with Gasteiger partial charge in [-0.05, 0) is 36.3 Å².